The number of aryl methyl sites for hydroxylation is 1. The number of morpholine rings is 1. The first-order valence-corrected chi connectivity index (χ1v) is 7.60. The molecule has 0 spiro atoms. The zero-order valence-electron chi connectivity index (χ0n) is 11.4. The Morgan fingerprint density at radius 1 is 1.35 bits per heavy atom. The number of nitrogens with zero attached hydrogens (tertiary/aromatic N) is 1. The molecule has 0 saturated carbocycles. The SMILES string of the molecule is Cc1ccc(S(=O)(=O)OCC2COCC(=O)N2C)cc1. The van der Waals surface area contributed by atoms with Crippen molar-refractivity contribution < 1.29 is 22.1 Å². The smallest absolute Gasteiger partial charge is 0.297 e. The summed E-state index contributed by atoms with van der Waals surface area (Å²) in [4.78, 5) is 13.0. The molecular weight excluding hydrogens is 282 g/mol. The lowest BCUT2D eigenvalue weighted by atomic mass is 10.2. The van der Waals surface area contributed by atoms with E-state index in [1.807, 2.05) is 6.92 Å². The number of rotatable bonds is 4. The molecule has 1 saturated heterocycles. The van der Waals surface area contributed by atoms with Crippen LogP contribution in [0.1, 0.15) is 5.56 Å². The average molecular weight is 299 g/mol. The van der Waals surface area contributed by atoms with Gasteiger partial charge in [0.1, 0.15) is 6.61 Å². The summed E-state index contributed by atoms with van der Waals surface area (Å²) in [5.74, 6) is -0.183. The summed E-state index contributed by atoms with van der Waals surface area (Å²) in [7, 11) is -2.20. The van der Waals surface area contributed by atoms with Crippen LogP contribution in [0.2, 0.25) is 0 Å². The number of benzene rings is 1. The van der Waals surface area contributed by atoms with E-state index >= 15 is 0 Å². The Balaban J connectivity index is 2.02. The van der Waals surface area contributed by atoms with Gasteiger partial charge in [0.2, 0.25) is 5.91 Å². The highest BCUT2D eigenvalue weighted by Gasteiger charge is 2.27. The van der Waals surface area contributed by atoms with Crippen LogP contribution in [0.5, 0.6) is 0 Å². The van der Waals surface area contributed by atoms with Gasteiger partial charge in [0.15, 0.2) is 0 Å². The quantitative estimate of drug-likeness (QED) is 0.760. The lowest BCUT2D eigenvalue weighted by molar-refractivity contribution is -0.147. The standard InChI is InChI=1S/C13H17NO5S/c1-10-3-5-12(6-4-10)20(16,17)19-8-11-7-18-9-13(15)14(11)2/h3-6,11H,7-9H2,1-2H3. The molecule has 0 bridgehead atoms. The highest BCUT2D eigenvalue weighted by Crippen LogP contribution is 2.15. The van der Waals surface area contributed by atoms with Gasteiger partial charge in [-0.2, -0.15) is 8.42 Å². The molecule has 0 aliphatic carbocycles. The Bertz CT molecular complexity index is 581. The average Bonchev–Trinajstić information content (AvgIpc) is 2.41. The van der Waals surface area contributed by atoms with Crippen molar-refractivity contribution in [1.29, 1.82) is 0 Å². The van der Waals surface area contributed by atoms with Crippen molar-refractivity contribution in [3.63, 3.8) is 0 Å². The first-order chi connectivity index (χ1) is 9.40. The Labute approximate surface area is 118 Å². The summed E-state index contributed by atoms with van der Waals surface area (Å²) in [6.45, 7) is 2.05. The van der Waals surface area contributed by atoms with E-state index in [0.29, 0.717) is 0 Å². The number of amides is 1. The number of likely N-dealkylation sites (N-methyl/N-ethyl adjacent to an activating group) is 1. The van der Waals surface area contributed by atoms with Crippen LogP contribution < -0.4 is 0 Å². The predicted molar refractivity (Wildman–Crippen MR) is 71.7 cm³/mol. The number of hydrogen-bond donors (Lipinski definition) is 0. The summed E-state index contributed by atoms with van der Waals surface area (Å²) >= 11 is 0. The zero-order chi connectivity index (χ0) is 14.8. The van der Waals surface area contributed by atoms with Gasteiger partial charge >= 0.3 is 0 Å². The molecule has 1 aliphatic heterocycles. The molecule has 7 heteroatoms. The fourth-order valence-electron chi connectivity index (χ4n) is 1.80. The summed E-state index contributed by atoms with van der Waals surface area (Å²) in [6, 6.07) is 6.01. The summed E-state index contributed by atoms with van der Waals surface area (Å²) in [6.07, 6.45) is 0. The van der Waals surface area contributed by atoms with Crippen LogP contribution in [-0.4, -0.2) is 52.1 Å². The van der Waals surface area contributed by atoms with Crippen molar-refractivity contribution in [3.8, 4) is 0 Å². The van der Waals surface area contributed by atoms with Crippen molar-refractivity contribution in [2.75, 3.05) is 26.9 Å². The maximum atomic E-state index is 12.0. The van der Waals surface area contributed by atoms with E-state index < -0.39 is 16.2 Å². The molecule has 1 aromatic rings. The van der Waals surface area contributed by atoms with Gasteiger partial charge in [0.25, 0.3) is 10.1 Å². The molecule has 1 aliphatic rings. The van der Waals surface area contributed by atoms with Crippen LogP contribution in [-0.2, 0) is 23.8 Å². The molecule has 20 heavy (non-hydrogen) atoms. The molecule has 110 valence electrons. The van der Waals surface area contributed by atoms with Gasteiger partial charge in [0, 0.05) is 7.05 Å². The van der Waals surface area contributed by atoms with Gasteiger partial charge in [-0.1, -0.05) is 17.7 Å². The first kappa shape index (κ1) is 15.0. The second-order valence-corrected chi connectivity index (χ2v) is 6.34. The predicted octanol–water partition coefficient (Wildman–Crippen LogP) is 0.558. The fourth-order valence-corrected chi connectivity index (χ4v) is 2.74. The van der Waals surface area contributed by atoms with Gasteiger partial charge in [-0.05, 0) is 19.1 Å². The van der Waals surface area contributed by atoms with E-state index in [9.17, 15) is 13.2 Å². The van der Waals surface area contributed by atoms with E-state index in [1.54, 1.807) is 19.2 Å². The topological polar surface area (TPSA) is 72.9 Å². The van der Waals surface area contributed by atoms with Crippen molar-refractivity contribution in [2.45, 2.75) is 17.9 Å². The molecule has 1 heterocycles. The van der Waals surface area contributed by atoms with Crippen LogP contribution in [0.4, 0.5) is 0 Å². The molecule has 0 radical (unpaired) electrons. The molecule has 0 N–H and O–H groups in total. The molecule has 0 aromatic heterocycles. The second-order valence-electron chi connectivity index (χ2n) is 4.73. The zero-order valence-corrected chi connectivity index (χ0v) is 12.2. The van der Waals surface area contributed by atoms with Gasteiger partial charge in [-0.3, -0.25) is 8.98 Å². The molecular formula is C13H17NO5S. The summed E-state index contributed by atoms with van der Waals surface area (Å²) in [5.41, 5.74) is 0.968. The van der Waals surface area contributed by atoms with E-state index in [4.69, 9.17) is 8.92 Å². The third-order valence-electron chi connectivity index (χ3n) is 3.20. The Morgan fingerprint density at radius 3 is 2.65 bits per heavy atom. The van der Waals surface area contributed by atoms with Gasteiger partial charge < -0.3 is 9.64 Å². The van der Waals surface area contributed by atoms with Crippen molar-refractivity contribution in [2.24, 2.45) is 0 Å². The van der Waals surface area contributed by atoms with Crippen molar-refractivity contribution in [3.05, 3.63) is 29.8 Å². The van der Waals surface area contributed by atoms with E-state index in [1.165, 1.54) is 17.0 Å². The molecule has 1 unspecified atom stereocenters. The minimum absolute atomic E-state index is 0.0255. The van der Waals surface area contributed by atoms with Crippen molar-refractivity contribution >= 4 is 16.0 Å². The fraction of sp³-hybridized carbons (Fsp3) is 0.462. The number of carbonyl (C=O) groups is 1. The van der Waals surface area contributed by atoms with Crippen LogP contribution in [0.3, 0.4) is 0 Å². The molecule has 1 aromatic carbocycles. The van der Waals surface area contributed by atoms with Gasteiger partial charge in [0.05, 0.1) is 24.2 Å². The number of hydrogen-bond acceptors (Lipinski definition) is 5. The van der Waals surface area contributed by atoms with Crippen LogP contribution in [0.25, 0.3) is 0 Å². The molecule has 6 nitrogen and oxygen atoms in total. The molecule has 1 amide bonds. The van der Waals surface area contributed by atoms with Crippen LogP contribution in [0.15, 0.2) is 29.2 Å². The maximum Gasteiger partial charge on any atom is 0.297 e. The van der Waals surface area contributed by atoms with Crippen LogP contribution in [0, 0.1) is 6.92 Å². The van der Waals surface area contributed by atoms with E-state index in [0.717, 1.165) is 5.56 Å². The third-order valence-corrected chi connectivity index (χ3v) is 4.50. The highest BCUT2D eigenvalue weighted by molar-refractivity contribution is 7.86. The number of ether oxygens (including phenoxy) is 1. The maximum absolute atomic E-state index is 12.0. The lowest BCUT2D eigenvalue weighted by Gasteiger charge is -2.31. The van der Waals surface area contributed by atoms with Crippen LogP contribution >= 0.6 is 0 Å². The Kier molecular flexibility index (Phi) is 4.42. The third kappa shape index (κ3) is 3.36. The van der Waals surface area contributed by atoms with Gasteiger partial charge in [-0.15, -0.1) is 0 Å². The Hall–Kier alpha value is -1.44. The number of carbonyl (C=O) groups excluding carboxylic acids is 1. The summed E-state index contributed by atoms with van der Waals surface area (Å²) in [5, 5.41) is 0. The normalized spacial score (nSPS) is 20.2. The molecule has 1 atom stereocenters. The minimum Gasteiger partial charge on any atom is -0.369 e. The van der Waals surface area contributed by atoms with Gasteiger partial charge in [-0.25, -0.2) is 0 Å². The van der Waals surface area contributed by atoms with E-state index in [2.05, 4.69) is 0 Å². The Morgan fingerprint density at radius 2 is 2.00 bits per heavy atom. The minimum atomic E-state index is -3.81. The first-order valence-electron chi connectivity index (χ1n) is 6.19. The highest BCUT2D eigenvalue weighted by atomic mass is 32.2. The van der Waals surface area contributed by atoms with E-state index in [-0.39, 0.29) is 30.6 Å². The molecule has 1 fully saturated rings. The summed E-state index contributed by atoms with van der Waals surface area (Å²) < 4.78 is 34.1. The molecule has 2 rings (SSSR count). The van der Waals surface area contributed by atoms with Crippen molar-refractivity contribution in [1.82, 2.24) is 4.90 Å². The second kappa shape index (κ2) is 5.90. The monoisotopic (exact) mass is 299 g/mol. The largest absolute Gasteiger partial charge is 0.369 e. The lowest BCUT2D eigenvalue weighted by Crippen LogP contribution is -2.49.